The van der Waals surface area contributed by atoms with Crippen molar-refractivity contribution in [2.75, 3.05) is 40.9 Å². The lowest BCUT2D eigenvalue weighted by molar-refractivity contribution is -0.870. The number of rotatable bonds is 64. The summed E-state index contributed by atoms with van der Waals surface area (Å²) in [5.74, 6) is -0.204. The molecule has 0 aromatic carbocycles. The van der Waals surface area contributed by atoms with E-state index in [2.05, 4.69) is 55.6 Å². The van der Waals surface area contributed by atoms with E-state index in [0.717, 1.165) is 44.9 Å². The highest BCUT2D eigenvalue weighted by Crippen LogP contribution is 2.38. The maximum Gasteiger partial charge on any atom is 0.268 e. The summed E-state index contributed by atoms with van der Waals surface area (Å²) in [6.07, 6.45) is 82.4. The van der Waals surface area contributed by atoms with Crippen molar-refractivity contribution in [2.45, 2.75) is 353 Å². The number of nitrogens with one attached hydrogen (secondary N) is 1. The Morgan fingerprint density at radius 3 is 1.10 bits per heavy atom. The van der Waals surface area contributed by atoms with Gasteiger partial charge in [0.25, 0.3) is 7.82 Å². The normalized spacial score (nSPS) is 14.0. The molecule has 79 heavy (non-hydrogen) atoms. The summed E-state index contributed by atoms with van der Waals surface area (Å²) in [4.78, 5) is 25.6. The molecule has 0 rings (SSSR count). The van der Waals surface area contributed by atoms with Crippen LogP contribution >= 0.6 is 7.82 Å². The summed E-state index contributed by atoms with van der Waals surface area (Å²) < 4.78 is 23.4. The first-order valence-electron chi connectivity index (χ1n) is 34.5. The monoisotopic (exact) mass is 1130 g/mol. The van der Waals surface area contributed by atoms with Gasteiger partial charge in [-0.05, 0) is 64.2 Å². The van der Waals surface area contributed by atoms with Gasteiger partial charge in [0.15, 0.2) is 0 Å². The maximum atomic E-state index is 13.0. The fourth-order valence-corrected chi connectivity index (χ4v) is 11.1. The van der Waals surface area contributed by atoms with Crippen LogP contribution in [0, 0.1) is 0 Å². The summed E-state index contributed by atoms with van der Waals surface area (Å²) in [6.45, 7) is 4.66. The molecule has 3 atom stereocenters. The summed E-state index contributed by atoms with van der Waals surface area (Å²) >= 11 is 0. The standard InChI is InChI=1S/C70H135N2O6P/c1-6-8-10-12-14-16-18-20-22-24-26-28-30-32-33-34-35-36-37-38-40-41-43-45-47-49-51-53-55-57-59-61-63-69(73)68(67-78-79(75,76)77-66-65-72(3,4)5)71-70(74)64-62-60-58-56-54-52-50-48-46-44-42-39-31-29-27-25-23-21-19-17-15-13-11-9-7-2/h19,21,25,27,53,55,61,63,68-69,73H,6-18,20,22-24,26,28-52,54,56-60,62,64-67H2,1-5H3,(H-,71,74,75,76)/b21-19-,27-25-,55-53+,63-61+. The molecule has 0 aliphatic carbocycles. The molecule has 0 heterocycles. The van der Waals surface area contributed by atoms with Crippen LogP contribution in [0.25, 0.3) is 0 Å². The second-order valence-corrected chi connectivity index (χ2v) is 26.3. The molecule has 9 heteroatoms. The SMILES string of the molecule is CCCCCCC/C=C\C/C=C\CCCCCCCCCCCCCCCC(=O)NC(COP(=O)([O-])OCC[N+](C)(C)C)C(O)/C=C/CC/C=C/CCCCCCCCCCCCCCCCCCCCCCCCCCCC. The van der Waals surface area contributed by atoms with Crippen LogP contribution in [0.4, 0.5) is 0 Å². The van der Waals surface area contributed by atoms with Crippen molar-refractivity contribution in [2.24, 2.45) is 0 Å². The van der Waals surface area contributed by atoms with Crippen LogP contribution in [0.5, 0.6) is 0 Å². The topological polar surface area (TPSA) is 108 Å². The van der Waals surface area contributed by atoms with Crippen LogP contribution in [-0.4, -0.2) is 68.5 Å². The second-order valence-electron chi connectivity index (χ2n) is 24.9. The van der Waals surface area contributed by atoms with Crippen LogP contribution in [-0.2, 0) is 18.4 Å². The summed E-state index contributed by atoms with van der Waals surface area (Å²) in [5.41, 5.74) is 0. The van der Waals surface area contributed by atoms with Crippen LogP contribution < -0.4 is 10.2 Å². The minimum Gasteiger partial charge on any atom is -0.756 e. The third-order valence-corrected chi connectivity index (χ3v) is 16.7. The van der Waals surface area contributed by atoms with Crippen molar-refractivity contribution in [1.82, 2.24) is 5.32 Å². The smallest absolute Gasteiger partial charge is 0.268 e. The molecule has 8 nitrogen and oxygen atoms in total. The fraction of sp³-hybridized carbons (Fsp3) is 0.871. The Bertz CT molecular complexity index is 1430. The highest BCUT2D eigenvalue weighted by atomic mass is 31.2. The molecule has 0 bridgehead atoms. The number of amides is 1. The molecular weight excluding hydrogens is 996 g/mol. The van der Waals surface area contributed by atoms with E-state index in [-0.39, 0.29) is 12.5 Å². The molecule has 2 N–H and O–H groups in total. The predicted molar refractivity (Wildman–Crippen MR) is 344 cm³/mol. The van der Waals surface area contributed by atoms with Gasteiger partial charge in [-0.2, -0.15) is 0 Å². The van der Waals surface area contributed by atoms with E-state index in [1.54, 1.807) is 6.08 Å². The van der Waals surface area contributed by atoms with Gasteiger partial charge >= 0.3 is 0 Å². The van der Waals surface area contributed by atoms with Crippen LogP contribution in [0.1, 0.15) is 341 Å². The van der Waals surface area contributed by atoms with Crippen molar-refractivity contribution in [3.05, 3.63) is 48.6 Å². The van der Waals surface area contributed by atoms with Gasteiger partial charge in [0.05, 0.1) is 39.9 Å². The van der Waals surface area contributed by atoms with E-state index in [1.165, 1.54) is 276 Å². The van der Waals surface area contributed by atoms with Crippen molar-refractivity contribution < 1.29 is 32.9 Å². The molecule has 1 amide bonds. The van der Waals surface area contributed by atoms with Crippen molar-refractivity contribution in [1.29, 1.82) is 0 Å². The molecule has 0 fully saturated rings. The van der Waals surface area contributed by atoms with Gasteiger partial charge in [-0.25, -0.2) is 0 Å². The van der Waals surface area contributed by atoms with Gasteiger partial charge in [-0.3, -0.25) is 9.36 Å². The average Bonchev–Trinajstić information content (AvgIpc) is 3.42. The van der Waals surface area contributed by atoms with E-state index in [4.69, 9.17) is 9.05 Å². The second kappa shape index (κ2) is 61.0. The van der Waals surface area contributed by atoms with Gasteiger partial charge in [-0.15, -0.1) is 0 Å². The zero-order chi connectivity index (χ0) is 57.7. The Labute approximate surface area is 492 Å². The average molecular weight is 1130 g/mol. The third-order valence-electron chi connectivity index (χ3n) is 15.8. The van der Waals surface area contributed by atoms with Gasteiger partial charge in [-0.1, -0.05) is 319 Å². The number of aliphatic hydroxyl groups is 1. The summed E-state index contributed by atoms with van der Waals surface area (Å²) in [5, 5.41) is 13.9. The number of quaternary nitrogens is 1. The lowest BCUT2D eigenvalue weighted by Gasteiger charge is -2.29. The number of unbranched alkanes of at least 4 members (excludes halogenated alkanes) is 45. The van der Waals surface area contributed by atoms with Gasteiger partial charge in [0, 0.05) is 6.42 Å². The van der Waals surface area contributed by atoms with Crippen LogP contribution in [0.2, 0.25) is 0 Å². The first-order valence-corrected chi connectivity index (χ1v) is 36.0. The van der Waals surface area contributed by atoms with E-state index in [0.29, 0.717) is 17.4 Å². The van der Waals surface area contributed by atoms with E-state index in [1.807, 2.05) is 27.2 Å². The van der Waals surface area contributed by atoms with Crippen molar-refractivity contribution >= 4 is 13.7 Å². The Morgan fingerprint density at radius 2 is 0.747 bits per heavy atom. The molecule has 466 valence electrons. The van der Waals surface area contributed by atoms with Crippen LogP contribution in [0.3, 0.4) is 0 Å². The van der Waals surface area contributed by atoms with E-state index < -0.39 is 26.6 Å². The van der Waals surface area contributed by atoms with Gasteiger partial charge in [0.2, 0.25) is 5.91 Å². The minimum atomic E-state index is -4.61. The predicted octanol–water partition coefficient (Wildman–Crippen LogP) is 21.2. The number of aliphatic hydroxyl groups excluding tert-OH is 1. The number of nitrogens with zero attached hydrogens (tertiary/aromatic N) is 1. The molecule has 0 saturated carbocycles. The molecule has 0 aromatic heterocycles. The first-order chi connectivity index (χ1) is 38.5. The number of carbonyl (C=O) groups excluding carboxylic acids is 1. The first kappa shape index (κ1) is 77.5. The van der Waals surface area contributed by atoms with E-state index in [9.17, 15) is 19.4 Å². The molecule has 0 spiro atoms. The number of phosphoric acid groups is 1. The fourth-order valence-electron chi connectivity index (χ4n) is 10.4. The van der Waals surface area contributed by atoms with Gasteiger partial charge in [0.1, 0.15) is 13.2 Å². The number of hydrogen-bond donors (Lipinski definition) is 2. The highest BCUT2D eigenvalue weighted by molar-refractivity contribution is 7.45. The zero-order valence-electron chi connectivity index (χ0n) is 53.3. The lowest BCUT2D eigenvalue weighted by atomic mass is 10.0. The third kappa shape index (κ3) is 63.9. The molecular formula is C70H135N2O6P. The van der Waals surface area contributed by atoms with Crippen LogP contribution in [0.15, 0.2) is 48.6 Å². The van der Waals surface area contributed by atoms with E-state index >= 15 is 0 Å². The Balaban J connectivity index is 4.10. The van der Waals surface area contributed by atoms with Crippen molar-refractivity contribution in [3.63, 3.8) is 0 Å². The lowest BCUT2D eigenvalue weighted by Crippen LogP contribution is -2.45. The maximum absolute atomic E-state index is 13.0. The molecule has 0 aliphatic rings. The molecule has 0 saturated heterocycles. The largest absolute Gasteiger partial charge is 0.756 e. The number of carbonyl (C=O) groups is 1. The van der Waals surface area contributed by atoms with Crippen molar-refractivity contribution in [3.8, 4) is 0 Å². The molecule has 0 aromatic rings. The molecule has 0 radical (unpaired) electrons. The minimum absolute atomic E-state index is 0.00640. The number of hydrogen-bond acceptors (Lipinski definition) is 6. The molecule has 3 unspecified atom stereocenters. The highest BCUT2D eigenvalue weighted by Gasteiger charge is 2.23. The number of allylic oxidation sites excluding steroid dienone is 7. The Kier molecular flexibility index (Phi) is 59.8. The zero-order valence-corrected chi connectivity index (χ0v) is 54.2. The molecule has 0 aliphatic heterocycles. The summed E-state index contributed by atoms with van der Waals surface area (Å²) in [7, 11) is 1.25. The number of phosphoric ester groups is 1. The number of likely N-dealkylation sites (N-methyl/N-ethyl adjacent to an activating group) is 1. The quantitative estimate of drug-likeness (QED) is 0.0272. The Hall–Kier alpha value is -1.54. The summed E-state index contributed by atoms with van der Waals surface area (Å²) in [6, 6.07) is -0.906. The Morgan fingerprint density at radius 1 is 0.443 bits per heavy atom. The van der Waals surface area contributed by atoms with Gasteiger partial charge < -0.3 is 28.8 Å².